The lowest BCUT2D eigenvalue weighted by Crippen LogP contribution is -2.27. The van der Waals surface area contributed by atoms with Crippen LogP contribution in [0.3, 0.4) is 0 Å². The molecule has 0 spiro atoms. The lowest BCUT2D eigenvalue weighted by atomic mass is 10.0. The largest absolute Gasteiger partial charge is 0.477 e. The maximum Gasteiger partial charge on any atom is 0.345 e. The number of aromatic carboxylic acids is 1. The Morgan fingerprint density at radius 1 is 1.35 bits per heavy atom. The lowest BCUT2D eigenvalue weighted by Gasteiger charge is -2.06. The lowest BCUT2D eigenvalue weighted by molar-refractivity contribution is 0.0702. The number of carboxylic acid groups (broad SMARTS) is 1. The molecule has 1 fully saturated rings. The first kappa shape index (κ1) is 15.5. The topological polar surface area (TPSA) is 83.5 Å². The average molecular weight is 317 g/mol. The Balaban J connectivity index is 2.07. The average Bonchev–Trinajstić information content (AvgIpc) is 2.73. The highest BCUT2D eigenvalue weighted by molar-refractivity contribution is 7.89. The van der Waals surface area contributed by atoms with Gasteiger partial charge in [0, 0.05) is 11.9 Å². The van der Waals surface area contributed by atoms with E-state index in [1.165, 1.54) is 11.4 Å². The number of carboxylic acids is 1. The van der Waals surface area contributed by atoms with Gasteiger partial charge in [-0.05, 0) is 22.8 Å². The number of hydrogen-bond acceptors (Lipinski definition) is 4. The third-order valence-corrected chi connectivity index (χ3v) is 7.36. The molecule has 0 saturated heterocycles. The van der Waals surface area contributed by atoms with Crippen LogP contribution in [0.2, 0.25) is 0 Å². The highest BCUT2D eigenvalue weighted by atomic mass is 32.2. The molecule has 1 aliphatic carbocycles. The first-order chi connectivity index (χ1) is 9.00. The number of rotatable bonds is 5. The normalized spacial score (nSPS) is 20.8. The summed E-state index contributed by atoms with van der Waals surface area (Å²) in [4.78, 5) is 10.8. The highest BCUT2D eigenvalue weighted by Gasteiger charge is 2.64. The number of nitrogens with one attached hydrogen (secondary N) is 1. The van der Waals surface area contributed by atoms with Gasteiger partial charge in [-0.15, -0.1) is 11.3 Å². The molecule has 0 amide bonds. The Morgan fingerprint density at radius 2 is 1.90 bits per heavy atom. The van der Waals surface area contributed by atoms with Gasteiger partial charge in [-0.3, -0.25) is 0 Å². The molecule has 112 valence electrons. The second-order valence-electron chi connectivity index (χ2n) is 6.30. The summed E-state index contributed by atoms with van der Waals surface area (Å²) in [5.74, 6) is -0.830. The fourth-order valence-corrected chi connectivity index (χ4v) is 4.85. The molecule has 0 aliphatic heterocycles. The molecule has 0 radical (unpaired) electrons. The van der Waals surface area contributed by atoms with E-state index < -0.39 is 16.0 Å². The molecule has 1 aromatic heterocycles. The summed E-state index contributed by atoms with van der Waals surface area (Å²) in [5.41, 5.74) is 0.215. The van der Waals surface area contributed by atoms with Gasteiger partial charge >= 0.3 is 5.97 Å². The minimum absolute atomic E-state index is 0.0242. The van der Waals surface area contributed by atoms with Gasteiger partial charge in [0.05, 0.1) is 4.90 Å². The maximum atomic E-state index is 12.1. The van der Waals surface area contributed by atoms with E-state index in [1.54, 1.807) is 0 Å². The van der Waals surface area contributed by atoms with Crippen LogP contribution in [0.25, 0.3) is 0 Å². The maximum absolute atomic E-state index is 12.1. The van der Waals surface area contributed by atoms with Crippen molar-refractivity contribution in [1.29, 1.82) is 0 Å². The monoisotopic (exact) mass is 317 g/mol. The number of carbonyl (C=O) groups is 1. The summed E-state index contributed by atoms with van der Waals surface area (Å²) < 4.78 is 26.8. The smallest absolute Gasteiger partial charge is 0.345 e. The third-order valence-electron chi connectivity index (χ3n) is 4.89. The predicted octanol–water partition coefficient (Wildman–Crippen LogP) is 2.41. The summed E-state index contributed by atoms with van der Waals surface area (Å²) in [7, 11) is -3.63. The van der Waals surface area contributed by atoms with Gasteiger partial charge in [0.25, 0.3) is 0 Å². The zero-order valence-electron chi connectivity index (χ0n) is 11.9. The fraction of sp³-hybridized carbons (Fsp3) is 0.615. The Morgan fingerprint density at radius 3 is 2.30 bits per heavy atom. The zero-order valence-corrected chi connectivity index (χ0v) is 13.6. The van der Waals surface area contributed by atoms with Gasteiger partial charge in [0.1, 0.15) is 4.88 Å². The summed E-state index contributed by atoms with van der Waals surface area (Å²) in [5, 5.41) is 10.2. The van der Waals surface area contributed by atoms with Crippen LogP contribution < -0.4 is 4.72 Å². The van der Waals surface area contributed by atoms with Crippen molar-refractivity contribution in [3.8, 4) is 0 Å². The standard InChI is InChI=1S/C13H19NO4S2/c1-12(2)10(13(12,3)4)6-14-20(17,18)8-5-9(11(15)16)19-7-8/h5,7,10,14H,6H2,1-4H3,(H,15,16). The quantitative estimate of drug-likeness (QED) is 0.873. The van der Waals surface area contributed by atoms with Crippen LogP contribution in [0.1, 0.15) is 37.4 Å². The molecule has 0 atom stereocenters. The molecule has 7 heteroatoms. The molecule has 1 heterocycles. The Hall–Kier alpha value is -0.920. The SMILES string of the molecule is CC1(C)C(CNS(=O)(=O)c2csc(C(=O)O)c2)C1(C)C. The van der Waals surface area contributed by atoms with Gasteiger partial charge < -0.3 is 5.11 Å². The third kappa shape index (κ3) is 2.38. The van der Waals surface area contributed by atoms with E-state index in [9.17, 15) is 13.2 Å². The van der Waals surface area contributed by atoms with E-state index in [-0.39, 0.29) is 26.5 Å². The number of thiophene rings is 1. The molecule has 0 unspecified atom stereocenters. The predicted molar refractivity (Wildman–Crippen MR) is 77.5 cm³/mol. The molecule has 0 bridgehead atoms. The minimum atomic E-state index is -3.63. The van der Waals surface area contributed by atoms with Crippen LogP contribution in [0.5, 0.6) is 0 Å². The molecule has 20 heavy (non-hydrogen) atoms. The molecule has 0 aromatic carbocycles. The zero-order chi connectivity index (χ0) is 15.3. The van der Waals surface area contributed by atoms with Crippen molar-refractivity contribution in [2.24, 2.45) is 16.7 Å². The molecular formula is C13H19NO4S2. The number of sulfonamides is 1. The summed E-state index contributed by atoms with van der Waals surface area (Å²) >= 11 is 0.915. The van der Waals surface area contributed by atoms with E-state index in [1.807, 2.05) is 0 Å². The van der Waals surface area contributed by atoms with Crippen molar-refractivity contribution in [2.75, 3.05) is 6.54 Å². The first-order valence-corrected chi connectivity index (χ1v) is 8.68. The molecular weight excluding hydrogens is 298 g/mol. The van der Waals surface area contributed by atoms with Crippen LogP contribution in [-0.4, -0.2) is 26.0 Å². The second-order valence-corrected chi connectivity index (χ2v) is 8.98. The summed E-state index contributed by atoms with van der Waals surface area (Å²) in [6, 6.07) is 1.19. The van der Waals surface area contributed by atoms with Crippen LogP contribution in [0.4, 0.5) is 0 Å². The molecule has 1 aliphatic rings. The molecule has 1 aromatic rings. The van der Waals surface area contributed by atoms with Gasteiger partial charge in [0.15, 0.2) is 0 Å². The summed E-state index contributed by atoms with van der Waals surface area (Å²) in [6.07, 6.45) is 0. The summed E-state index contributed by atoms with van der Waals surface area (Å²) in [6.45, 7) is 8.87. The fourth-order valence-electron chi connectivity index (χ4n) is 2.69. The van der Waals surface area contributed by atoms with E-state index in [4.69, 9.17) is 5.11 Å². The first-order valence-electron chi connectivity index (χ1n) is 6.31. The van der Waals surface area contributed by atoms with Gasteiger partial charge in [-0.2, -0.15) is 0 Å². The molecule has 2 rings (SSSR count). The molecule has 1 saturated carbocycles. The van der Waals surface area contributed by atoms with Crippen molar-refractivity contribution in [3.05, 3.63) is 16.3 Å². The van der Waals surface area contributed by atoms with Gasteiger partial charge in [-0.1, -0.05) is 27.7 Å². The van der Waals surface area contributed by atoms with Gasteiger partial charge in [-0.25, -0.2) is 17.9 Å². The number of hydrogen-bond donors (Lipinski definition) is 2. The Kier molecular flexibility index (Phi) is 3.51. The van der Waals surface area contributed by atoms with Crippen LogP contribution in [-0.2, 0) is 10.0 Å². The molecule has 5 nitrogen and oxygen atoms in total. The van der Waals surface area contributed by atoms with Crippen LogP contribution in [0.15, 0.2) is 16.3 Å². The van der Waals surface area contributed by atoms with Gasteiger partial charge in [0.2, 0.25) is 10.0 Å². The minimum Gasteiger partial charge on any atom is -0.477 e. The Labute approximate surface area is 123 Å². The van der Waals surface area contributed by atoms with Crippen molar-refractivity contribution >= 4 is 27.3 Å². The second kappa shape index (κ2) is 4.54. The van der Waals surface area contributed by atoms with E-state index in [2.05, 4.69) is 32.4 Å². The molecule has 2 N–H and O–H groups in total. The van der Waals surface area contributed by atoms with Crippen molar-refractivity contribution in [3.63, 3.8) is 0 Å². The van der Waals surface area contributed by atoms with Crippen LogP contribution >= 0.6 is 11.3 Å². The van der Waals surface area contributed by atoms with Crippen molar-refractivity contribution in [2.45, 2.75) is 32.6 Å². The van der Waals surface area contributed by atoms with Crippen molar-refractivity contribution in [1.82, 2.24) is 4.72 Å². The van der Waals surface area contributed by atoms with Crippen molar-refractivity contribution < 1.29 is 18.3 Å². The highest BCUT2D eigenvalue weighted by Crippen LogP contribution is 2.67. The van der Waals surface area contributed by atoms with E-state index in [0.29, 0.717) is 6.54 Å². The van der Waals surface area contributed by atoms with E-state index in [0.717, 1.165) is 11.3 Å². The van der Waals surface area contributed by atoms with Crippen LogP contribution in [0, 0.1) is 16.7 Å². The Bertz CT molecular complexity index is 629. The van der Waals surface area contributed by atoms with E-state index >= 15 is 0 Å².